The van der Waals surface area contributed by atoms with Crippen molar-refractivity contribution in [3.8, 4) is 0 Å². The number of thiophene rings is 1. The molecule has 0 aromatic carbocycles. The van der Waals surface area contributed by atoms with Gasteiger partial charge in [0.05, 0.1) is 10.2 Å². The van der Waals surface area contributed by atoms with Crippen molar-refractivity contribution in [2.24, 2.45) is 5.90 Å². The van der Waals surface area contributed by atoms with Gasteiger partial charge < -0.3 is 0 Å². The topological polar surface area (TPSA) is 48.1 Å². The third kappa shape index (κ3) is 1.81. The van der Waals surface area contributed by atoms with Gasteiger partial charge in [-0.05, 0) is 18.2 Å². The fourth-order valence-corrected chi connectivity index (χ4v) is 2.18. The van der Waals surface area contributed by atoms with Gasteiger partial charge in [-0.15, -0.1) is 11.3 Å². The predicted octanol–water partition coefficient (Wildman–Crippen LogP) is 2.34. The molecule has 2 rings (SSSR count). The molecule has 0 atom stereocenters. The third-order valence-electron chi connectivity index (χ3n) is 1.62. The van der Waals surface area contributed by atoms with E-state index in [-0.39, 0.29) is 0 Å². The summed E-state index contributed by atoms with van der Waals surface area (Å²) in [5.41, 5.74) is 0.893. The van der Waals surface area contributed by atoms with Gasteiger partial charge in [-0.25, -0.2) is 10.9 Å². The molecule has 3 nitrogen and oxygen atoms in total. The molecule has 0 spiro atoms. The maximum atomic E-state index is 5.74. The number of hydrogen-bond acceptors (Lipinski definition) is 4. The fraction of sp³-hybridized carbons (Fsp3) is 0.125. The van der Waals surface area contributed by atoms with Crippen LogP contribution < -0.4 is 5.90 Å². The van der Waals surface area contributed by atoms with Crippen LogP contribution >= 0.6 is 22.9 Å². The number of nitrogens with zero attached hydrogens (tertiary/aromatic N) is 1. The van der Waals surface area contributed by atoms with Gasteiger partial charge in [0.2, 0.25) is 0 Å². The Morgan fingerprint density at radius 1 is 1.54 bits per heavy atom. The molecule has 0 saturated heterocycles. The third-order valence-corrected chi connectivity index (χ3v) is 2.89. The van der Waals surface area contributed by atoms with E-state index in [2.05, 4.69) is 9.82 Å². The van der Waals surface area contributed by atoms with Crippen LogP contribution in [0.4, 0.5) is 0 Å². The van der Waals surface area contributed by atoms with Crippen LogP contribution in [0.5, 0.6) is 0 Å². The molecule has 5 heteroatoms. The van der Waals surface area contributed by atoms with Gasteiger partial charge in [0.15, 0.2) is 0 Å². The monoisotopic (exact) mass is 214 g/mol. The highest BCUT2D eigenvalue weighted by Crippen LogP contribution is 2.25. The molecule has 0 fully saturated rings. The second-order valence-corrected chi connectivity index (χ2v) is 4.10. The van der Waals surface area contributed by atoms with Crippen LogP contribution in [0, 0.1) is 0 Å². The number of halogens is 1. The lowest BCUT2D eigenvalue weighted by Crippen LogP contribution is -1.96. The van der Waals surface area contributed by atoms with Crippen LogP contribution in [0.3, 0.4) is 0 Å². The molecule has 2 N–H and O–H groups in total. The molecule has 0 bridgehead atoms. The minimum absolute atomic E-state index is 0.415. The molecular formula is C8H7ClN2OS. The molecule has 68 valence electrons. The Kier molecular flexibility index (Phi) is 2.46. The van der Waals surface area contributed by atoms with Crippen LogP contribution in [0.25, 0.3) is 10.2 Å². The van der Waals surface area contributed by atoms with Gasteiger partial charge in [0.25, 0.3) is 0 Å². The zero-order chi connectivity index (χ0) is 9.26. The molecule has 0 unspecified atom stereocenters. The molecule has 0 radical (unpaired) electrons. The van der Waals surface area contributed by atoms with E-state index in [9.17, 15) is 0 Å². The summed E-state index contributed by atoms with van der Waals surface area (Å²) in [6, 6.07) is 5.64. The largest absolute Gasteiger partial charge is 0.299 e. The molecule has 0 aliphatic rings. The summed E-state index contributed by atoms with van der Waals surface area (Å²) < 4.78 is 1.09. The highest BCUT2D eigenvalue weighted by atomic mass is 35.5. The van der Waals surface area contributed by atoms with Crippen LogP contribution in [0.1, 0.15) is 4.88 Å². The Morgan fingerprint density at radius 3 is 3.15 bits per heavy atom. The predicted molar refractivity (Wildman–Crippen MR) is 53.6 cm³/mol. The highest BCUT2D eigenvalue weighted by Gasteiger charge is 2.02. The first-order valence-electron chi connectivity index (χ1n) is 3.66. The second-order valence-electron chi connectivity index (χ2n) is 2.54. The first-order chi connectivity index (χ1) is 6.29. The van der Waals surface area contributed by atoms with E-state index in [0.29, 0.717) is 11.8 Å². The summed E-state index contributed by atoms with van der Waals surface area (Å²) >= 11 is 7.35. The Bertz CT molecular complexity index is 429. The lowest BCUT2D eigenvalue weighted by molar-refractivity contribution is 0.126. The number of nitrogens with two attached hydrogens (primary N) is 1. The zero-order valence-electron chi connectivity index (χ0n) is 6.66. The van der Waals surface area contributed by atoms with Gasteiger partial charge in [-0.3, -0.25) is 4.84 Å². The van der Waals surface area contributed by atoms with Crippen molar-refractivity contribution >= 4 is 33.2 Å². The van der Waals surface area contributed by atoms with Gasteiger partial charge >= 0.3 is 0 Å². The van der Waals surface area contributed by atoms with Crippen molar-refractivity contribution < 1.29 is 4.84 Å². The molecule has 0 aliphatic carbocycles. The van der Waals surface area contributed by atoms with E-state index in [0.717, 1.165) is 15.1 Å². The van der Waals surface area contributed by atoms with Crippen molar-refractivity contribution in [3.63, 3.8) is 0 Å². The van der Waals surface area contributed by atoms with E-state index in [1.54, 1.807) is 17.4 Å². The lowest BCUT2D eigenvalue weighted by atomic mass is 10.4. The summed E-state index contributed by atoms with van der Waals surface area (Å²) in [5, 5.41) is 0.505. The minimum atomic E-state index is 0.415. The Hall–Kier alpha value is -0.680. The van der Waals surface area contributed by atoms with Gasteiger partial charge in [0.1, 0.15) is 11.8 Å². The summed E-state index contributed by atoms with van der Waals surface area (Å²) in [6.07, 6.45) is 0. The van der Waals surface area contributed by atoms with Crippen LogP contribution in [0.15, 0.2) is 18.2 Å². The fourth-order valence-electron chi connectivity index (χ4n) is 1.10. The maximum Gasteiger partial charge on any atom is 0.129 e. The molecule has 2 aromatic heterocycles. The summed E-state index contributed by atoms with van der Waals surface area (Å²) in [5.74, 6) is 4.97. The van der Waals surface area contributed by atoms with Crippen LogP contribution in [-0.4, -0.2) is 4.98 Å². The van der Waals surface area contributed by atoms with Gasteiger partial charge in [0, 0.05) is 4.88 Å². The normalized spacial score (nSPS) is 10.9. The first-order valence-corrected chi connectivity index (χ1v) is 4.85. The SMILES string of the molecule is NOCc1cc2nc(Cl)ccc2s1. The molecule has 13 heavy (non-hydrogen) atoms. The zero-order valence-corrected chi connectivity index (χ0v) is 8.23. The average Bonchev–Trinajstić information content (AvgIpc) is 2.46. The number of hydrogen-bond donors (Lipinski definition) is 1. The second kappa shape index (κ2) is 3.59. The number of rotatable bonds is 2. The molecule has 0 saturated carbocycles. The molecular weight excluding hydrogens is 208 g/mol. The summed E-state index contributed by atoms with van der Waals surface area (Å²) in [7, 11) is 0. The van der Waals surface area contributed by atoms with E-state index < -0.39 is 0 Å². The smallest absolute Gasteiger partial charge is 0.129 e. The maximum absolute atomic E-state index is 5.74. The Labute approximate surface area is 84.0 Å². The van der Waals surface area contributed by atoms with Gasteiger partial charge in [-0.2, -0.15) is 0 Å². The number of aromatic nitrogens is 1. The van der Waals surface area contributed by atoms with Crippen LogP contribution in [-0.2, 0) is 11.4 Å². The van der Waals surface area contributed by atoms with Crippen molar-refractivity contribution in [2.45, 2.75) is 6.61 Å². The Balaban J connectivity index is 2.49. The van der Waals surface area contributed by atoms with Crippen molar-refractivity contribution in [2.75, 3.05) is 0 Å². The lowest BCUT2D eigenvalue weighted by Gasteiger charge is -1.88. The van der Waals surface area contributed by atoms with E-state index in [1.807, 2.05) is 12.1 Å². The molecule has 2 aromatic rings. The van der Waals surface area contributed by atoms with Crippen LogP contribution in [0.2, 0.25) is 5.15 Å². The van der Waals surface area contributed by atoms with Gasteiger partial charge in [-0.1, -0.05) is 11.6 Å². The van der Waals surface area contributed by atoms with Crippen molar-refractivity contribution in [1.82, 2.24) is 4.98 Å². The average molecular weight is 215 g/mol. The van der Waals surface area contributed by atoms with E-state index in [4.69, 9.17) is 17.5 Å². The quantitative estimate of drug-likeness (QED) is 0.617. The van der Waals surface area contributed by atoms with E-state index in [1.165, 1.54) is 0 Å². The van der Waals surface area contributed by atoms with Crippen molar-refractivity contribution in [3.05, 3.63) is 28.2 Å². The highest BCUT2D eigenvalue weighted by molar-refractivity contribution is 7.19. The standard InChI is InChI=1S/C8H7ClN2OS/c9-8-2-1-7-6(11-8)3-5(13-7)4-12-10/h1-3H,4,10H2. The van der Waals surface area contributed by atoms with Crippen molar-refractivity contribution in [1.29, 1.82) is 0 Å². The van der Waals surface area contributed by atoms with E-state index >= 15 is 0 Å². The molecule has 0 aliphatic heterocycles. The molecule has 2 heterocycles. The number of pyridine rings is 1. The molecule has 0 amide bonds. The first kappa shape index (κ1) is 8.90. The number of fused-ring (bicyclic) bond motifs is 1. The Morgan fingerprint density at radius 2 is 2.38 bits per heavy atom. The summed E-state index contributed by atoms with van der Waals surface area (Å²) in [6.45, 7) is 0.415. The summed E-state index contributed by atoms with van der Waals surface area (Å²) in [4.78, 5) is 9.74. The minimum Gasteiger partial charge on any atom is -0.299 e.